The number of carbonyl (C=O) groups excluding carboxylic acids is 2. The largest absolute Gasteiger partial charge is 0.348 e. The molecule has 0 aliphatic rings. The van der Waals surface area contributed by atoms with Crippen LogP contribution in [0.2, 0.25) is 0 Å². The first-order valence-electron chi connectivity index (χ1n) is 8.98. The second-order valence-electron chi connectivity index (χ2n) is 7.38. The van der Waals surface area contributed by atoms with Crippen LogP contribution in [0.15, 0.2) is 24.3 Å². The van der Waals surface area contributed by atoms with Crippen LogP contribution in [-0.4, -0.2) is 18.4 Å². The molecule has 0 radical (unpaired) electrons. The van der Waals surface area contributed by atoms with Crippen LogP contribution in [0.25, 0.3) is 0 Å². The van der Waals surface area contributed by atoms with Crippen LogP contribution < -0.4 is 10.6 Å². The first kappa shape index (κ1) is 20.2. The average molecular weight is 332 g/mol. The van der Waals surface area contributed by atoms with E-state index in [0.717, 1.165) is 31.2 Å². The van der Waals surface area contributed by atoms with Crippen molar-refractivity contribution in [1.82, 2.24) is 5.32 Å². The minimum absolute atomic E-state index is 0.103. The van der Waals surface area contributed by atoms with Gasteiger partial charge < -0.3 is 10.6 Å². The van der Waals surface area contributed by atoms with E-state index in [1.54, 1.807) is 0 Å². The Kier molecular flexibility index (Phi) is 7.96. The molecule has 0 aromatic heterocycles. The molecule has 1 aromatic carbocycles. The highest BCUT2D eigenvalue weighted by atomic mass is 16.2. The maximum Gasteiger partial charge on any atom is 0.313 e. The monoisotopic (exact) mass is 332 g/mol. The van der Waals surface area contributed by atoms with Crippen LogP contribution in [0.3, 0.4) is 0 Å². The van der Waals surface area contributed by atoms with Gasteiger partial charge in [0.2, 0.25) is 0 Å². The summed E-state index contributed by atoms with van der Waals surface area (Å²) < 4.78 is 0. The summed E-state index contributed by atoms with van der Waals surface area (Å²) in [4.78, 5) is 24.3. The zero-order chi connectivity index (χ0) is 18.2. The summed E-state index contributed by atoms with van der Waals surface area (Å²) in [6, 6.07) is 7.61. The van der Waals surface area contributed by atoms with Crippen molar-refractivity contribution in [3.05, 3.63) is 29.8 Å². The van der Waals surface area contributed by atoms with Gasteiger partial charge in [-0.15, -0.1) is 0 Å². The minimum Gasteiger partial charge on any atom is -0.348 e. The molecule has 134 valence electrons. The Balaban J connectivity index is 2.64. The number of carbonyl (C=O) groups is 2. The Hall–Kier alpha value is -1.84. The normalized spacial score (nSPS) is 12.5. The molecule has 0 saturated heterocycles. The molecule has 0 aliphatic heterocycles. The minimum atomic E-state index is -0.600. The fraction of sp³-hybridized carbons (Fsp3) is 0.600. The number of para-hydroxylation sites is 1. The van der Waals surface area contributed by atoms with E-state index in [1.807, 2.05) is 24.3 Å². The Morgan fingerprint density at radius 2 is 1.75 bits per heavy atom. The van der Waals surface area contributed by atoms with Gasteiger partial charge in [-0.1, -0.05) is 72.1 Å². The van der Waals surface area contributed by atoms with Crippen molar-refractivity contribution >= 4 is 17.5 Å². The van der Waals surface area contributed by atoms with Gasteiger partial charge in [0, 0.05) is 12.2 Å². The molecule has 0 saturated carbocycles. The highest BCUT2D eigenvalue weighted by molar-refractivity contribution is 6.39. The molecule has 1 atom stereocenters. The average Bonchev–Trinajstić information content (AvgIpc) is 2.54. The van der Waals surface area contributed by atoms with E-state index in [9.17, 15) is 9.59 Å². The fourth-order valence-corrected chi connectivity index (χ4v) is 2.69. The molecule has 24 heavy (non-hydrogen) atoms. The lowest BCUT2D eigenvalue weighted by Crippen LogP contribution is -2.38. The summed E-state index contributed by atoms with van der Waals surface area (Å²) in [5.74, 6) is -0.728. The Morgan fingerprint density at radius 3 is 2.33 bits per heavy atom. The molecule has 0 heterocycles. The third-order valence-electron chi connectivity index (χ3n) is 4.28. The molecule has 2 amide bonds. The van der Waals surface area contributed by atoms with Crippen LogP contribution >= 0.6 is 0 Å². The van der Waals surface area contributed by atoms with Crippen LogP contribution in [0.4, 0.5) is 5.69 Å². The first-order valence-corrected chi connectivity index (χ1v) is 8.98. The van der Waals surface area contributed by atoms with E-state index in [0.29, 0.717) is 18.2 Å². The van der Waals surface area contributed by atoms with E-state index in [-0.39, 0.29) is 5.41 Å². The number of unbranched alkanes of at least 4 members (excludes halogenated alkanes) is 1. The van der Waals surface area contributed by atoms with Crippen LogP contribution in [0.5, 0.6) is 0 Å². The van der Waals surface area contributed by atoms with Crippen molar-refractivity contribution in [2.75, 3.05) is 11.9 Å². The number of benzene rings is 1. The van der Waals surface area contributed by atoms with Gasteiger partial charge in [0.05, 0.1) is 0 Å². The predicted octanol–water partition coefficient (Wildman–Crippen LogP) is 4.26. The molecule has 0 aliphatic carbocycles. The number of hydrogen-bond acceptors (Lipinski definition) is 2. The fourth-order valence-electron chi connectivity index (χ4n) is 2.69. The van der Waals surface area contributed by atoms with Gasteiger partial charge in [0.1, 0.15) is 0 Å². The standard InChI is InChI=1S/C20H32N2O2/c1-6-8-11-15(7-2)14-21-18(23)19(24)22-17-13-10-9-12-16(17)20(3,4)5/h9-10,12-13,15H,6-8,11,14H2,1-5H3,(H,21,23)(H,22,24)/t15-/m0/s1. The van der Waals surface area contributed by atoms with Crippen molar-refractivity contribution in [2.45, 2.75) is 65.7 Å². The topological polar surface area (TPSA) is 58.2 Å². The van der Waals surface area contributed by atoms with Crippen LogP contribution in [0.1, 0.15) is 65.9 Å². The Bertz CT molecular complexity index is 547. The summed E-state index contributed by atoms with van der Waals surface area (Å²) in [5.41, 5.74) is 1.61. The van der Waals surface area contributed by atoms with E-state index in [2.05, 4.69) is 45.3 Å². The molecule has 4 nitrogen and oxygen atoms in total. The van der Waals surface area contributed by atoms with Gasteiger partial charge in [0.25, 0.3) is 0 Å². The highest BCUT2D eigenvalue weighted by Gasteiger charge is 2.21. The van der Waals surface area contributed by atoms with Gasteiger partial charge in [0.15, 0.2) is 0 Å². The Morgan fingerprint density at radius 1 is 1.08 bits per heavy atom. The van der Waals surface area contributed by atoms with Crippen molar-refractivity contribution in [3.63, 3.8) is 0 Å². The van der Waals surface area contributed by atoms with Gasteiger partial charge in [-0.25, -0.2) is 0 Å². The summed E-state index contributed by atoms with van der Waals surface area (Å²) in [5, 5.41) is 5.52. The van der Waals surface area contributed by atoms with E-state index < -0.39 is 11.8 Å². The summed E-state index contributed by atoms with van der Waals surface area (Å²) in [6.45, 7) is 11.1. The lowest BCUT2D eigenvalue weighted by atomic mass is 9.86. The molecule has 2 N–H and O–H groups in total. The number of hydrogen-bond donors (Lipinski definition) is 2. The van der Waals surface area contributed by atoms with E-state index >= 15 is 0 Å². The molecule has 4 heteroatoms. The van der Waals surface area contributed by atoms with Crippen molar-refractivity contribution < 1.29 is 9.59 Å². The highest BCUT2D eigenvalue weighted by Crippen LogP contribution is 2.29. The van der Waals surface area contributed by atoms with Crippen molar-refractivity contribution in [1.29, 1.82) is 0 Å². The number of nitrogens with one attached hydrogen (secondary N) is 2. The van der Waals surface area contributed by atoms with E-state index in [1.165, 1.54) is 0 Å². The molecule has 0 bridgehead atoms. The third-order valence-corrected chi connectivity index (χ3v) is 4.28. The maximum atomic E-state index is 12.2. The predicted molar refractivity (Wildman–Crippen MR) is 100 cm³/mol. The van der Waals surface area contributed by atoms with Gasteiger partial charge >= 0.3 is 11.8 Å². The molecule has 0 fully saturated rings. The number of amides is 2. The summed E-state index contributed by atoms with van der Waals surface area (Å²) in [6.07, 6.45) is 4.39. The Labute approximate surface area is 146 Å². The zero-order valence-corrected chi connectivity index (χ0v) is 15.7. The van der Waals surface area contributed by atoms with Gasteiger partial charge in [-0.3, -0.25) is 9.59 Å². The molecule has 1 rings (SSSR count). The summed E-state index contributed by atoms with van der Waals surface area (Å²) in [7, 11) is 0. The van der Waals surface area contributed by atoms with Gasteiger partial charge in [-0.05, 0) is 29.4 Å². The first-order chi connectivity index (χ1) is 11.3. The van der Waals surface area contributed by atoms with Gasteiger partial charge in [-0.2, -0.15) is 0 Å². The number of anilines is 1. The quantitative estimate of drug-likeness (QED) is 0.733. The zero-order valence-electron chi connectivity index (χ0n) is 15.7. The van der Waals surface area contributed by atoms with Crippen molar-refractivity contribution in [2.24, 2.45) is 5.92 Å². The molecule has 0 spiro atoms. The van der Waals surface area contributed by atoms with Crippen molar-refractivity contribution in [3.8, 4) is 0 Å². The smallest absolute Gasteiger partial charge is 0.313 e. The SMILES string of the molecule is CCCC[C@H](CC)CNC(=O)C(=O)Nc1ccccc1C(C)(C)C. The second kappa shape index (κ2) is 9.45. The molecule has 0 unspecified atom stereocenters. The molecule has 1 aromatic rings. The molecular weight excluding hydrogens is 300 g/mol. The molecular formula is C20H32N2O2. The number of rotatable bonds is 7. The van der Waals surface area contributed by atoms with E-state index in [4.69, 9.17) is 0 Å². The lowest BCUT2D eigenvalue weighted by molar-refractivity contribution is -0.136. The summed E-state index contributed by atoms with van der Waals surface area (Å²) >= 11 is 0. The van der Waals surface area contributed by atoms with Crippen LogP contribution in [0, 0.1) is 5.92 Å². The third kappa shape index (κ3) is 6.34. The maximum absolute atomic E-state index is 12.2. The van der Waals surface area contributed by atoms with Crippen LogP contribution in [-0.2, 0) is 15.0 Å². The second-order valence-corrected chi connectivity index (χ2v) is 7.38. The lowest BCUT2D eigenvalue weighted by Gasteiger charge is -2.23.